The van der Waals surface area contributed by atoms with Crippen molar-refractivity contribution in [2.75, 3.05) is 26.8 Å². The molecule has 5 nitrogen and oxygen atoms in total. The maximum Gasteiger partial charge on any atom is 0.416 e. The first-order chi connectivity index (χ1) is 12.4. The van der Waals surface area contributed by atoms with Crippen LogP contribution in [0.1, 0.15) is 17.7 Å². The highest BCUT2D eigenvalue weighted by Crippen LogP contribution is 2.30. The van der Waals surface area contributed by atoms with E-state index in [4.69, 9.17) is 4.74 Å². The van der Waals surface area contributed by atoms with Crippen molar-refractivity contribution in [3.05, 3.63) is 47.9 Å². The van der Waals surface area contributed by atoms with Crippen molar-refractivity contribution in [2.45, 2.75) is 19.0 Å². The molecule has 0 unspecified atom stereocenters. The lowest BCUT2D eigenvalue weighted by Gasteiger charge is -2.08. The lowest BCUT2D eigenvalue weighted by Crippen LogP contribution is -2.26. The molecule has 140 valence electrons. The number of halogens is 3. The zero-order valence-corrected chi connectivity index (χ0v) is 14.3. The van der Waals surface area contributed by atoms with Gasteiger partial charge in [0, 0.05) is 31.3 Å². The lowest BCUT2D eigenvalue weighted by atomic mass is 10.1. The van der Waals surface area contributed by atoms with Gasteiger partial charge in [-0.25, -0.2) is 9.97 Å². The van der Waals surface area contributed by atoms with Gasteiger partial charge in [-0.1, -0.05) is 12.1 Å². The van der Waals surface area contributed by atoms with E-state index in [0.29, 0.717) is 42.9 Å². The summed E-state index contributed by atoms with van der Waals surface area (Å²) < 4.78 is 42.8. The highest BCUT2D eigenvalue weighted by molar-refractivity contribution is 5.80. The second-order valence-corrected chi connectivity index (χ2v) is 5.68. The van der Waals surface area contributed by atoms with Crippen LogP contribution in [0.25, 0.3) is 11.3 Å². The minimum Gasteiger partial charge on any atom is -0.383 e. The van der Waals surface area contributed by atoms with E-state index in [2.05, 4.69) is 15.3 Å². The minimum absolute atomic E-state index is 0.0517. The van der Waals surface area contributed by atoms with E-state index in [1.807, 2.05) is 0 Å². The van der Waals surface area contributed by atoms with Crippen molar-refractivity contribution in [1.82, 2.24) is 15.3 Å². The Hall–Kier alpha value is -2.32. The van der Waals surface area contributed by atoms with E-state index < -0.39 is 11.7 Å². The summed E-state index contributed by atoms with van der Waals surface area (Å²) in [5.74, 6) is 0.0517. The third kappa shape index (κ3) is 6.20. The van der Waals surface area contributed by atoms with Gasteiger partial charge < -0.3 is 10.1 Å². The molecule has 0 aliphatic rings. The average Bonchev–Trinajstić information content (AvgIpc) is 2.63. The van der Waals surface area contributed by atoms with Gasteiger partial charge >= 0.3 is 6.18 Å². The van der Waals surface area contributed by atoms with Crippen molar-refractivity contribution in [3.63, 3.8) is 0 Å². The number of ketones is 1. The van der Waals surface area contributed by atoms with Gasteiger partial charge in [0.2, 0.25) is 0 Å². The van der Waals surface area contributed by atoms with E-state index in [9.17, 15) is 18.0 Å². The molecule has 8 heteroatoms. The first kappa shape index (κ1) is 20.0. The minimum atomic E-state index is -4.37. The molecule has 2 rings (SSSR count). The predicted octanol–water partition coefficient (Wildman–Crippen LogP) is 2.90. The van der Waals surface area contributed by atoms with Crippen LogP contribution in [0.15, 0.2) is 36.7 Å². The van der Waals surface area contributed by atoms with E-state index in [1.54, 1.807) is 13.2 Å². The van der Waals surface area contributed by atoms with Gasteiger partial charge in [-0.15, -0.1) is 0 Å². The topological polar surface area (TPSA) is 64.1 Å². The summed E-state index contributed by atoms with van der Waals surface area (Å²) in [7, 11) is 1.59. The number of nitrogens with zero attached hydrogens (tertiary/aromatic N) is 2. The Morgan fingerprint density at radius 1 is 1.19 bits per heavy atom. The van der Waals surface area contributed by atoms with Gasteiger partial charge in [0.25, 0.3) is 0 Å². The summed E-state index contributed by atoms with van der Waals surface area (Å²) in [5.41, 5.74) is 1.05. The van der Waals surface area contributed by atoms with Crippen LogP contribution in [0.2, 0.25) is 0 Å². The second-order valence-electron chi connectivity index (χ2n) is 5.68. The summed E-state index contributed by atoms with van der Waals surface area (Å²) >= 11 is 0. The number of carbonyl (C=O) groups excluding carboxylic acids is 1. The Balaban J connectivity index is 1.94. The Bertz CT molecular complexity index is 718. The molecule has 0 saturated carbocycles. The van der Waals surface area contributed by atoms with Gasteiger partial charge in [0.1, 0.15) is 12.1 Å². The Morgan fingerprint density at radius 2 is 1.92 bits per heavy atom. The summed E-state index contributed by atoms with van der Waals surface area (Å²) in [6.45, 7) is 1.41. The summed E-state index contributed by atoms with van der Waals surface area (Å²) in [6.07, 6.45) is -2.25. The smallest absolute Gasteiger partial charge is 0.383 e. The third-order valence-electron chi connectivity index (χ3n) is 3.70. The Morgan fingerprint density at radius 3 is 2.58 bits per heavy atom. The highest BCUT2D eigenvalue weighted by atomic mass is 19.4. The third-order valence-corrected chi connectivity index (χ3v) is 3.70. The fourth-order valence-electron chi connectivity index (χ4n) is 2.28. The molecule has 1 aromatic carbocycles. The highest BCUT2D eigenvalue weighted by Gasteiger charge is 2.30. The maximum absolute atomic E-state index is 12.6. The number of hydrogen-bond donors (Lipinski definition) is 1. The number of carbonyl (C=O) groups is 1. The van der Waals surface area contributed by atoms with Crippen LogP contribution < -0.4 is 5.32 Å². The van der Waals surface area contributed by atoms with Gasteiger partial charge in [-0.05, 0) is 24.6 Å². The molecule has 0 aliphatic heterocycles. The van der Waals surface area contributed by atoms with Gasteiger partial charge in [-0.2, -0.15) is 13.2 Å². The van der Waals surface area contributed by atoms with E-state index in [-0.39, 0.29) is 12.3 Å². The molecule has 0 atom stereocenters. The zero-order chi connectivity index (χ0) is 19.0. The number of ether oxygens (including phenoxy) is 1. The molecule has 0 fully saturated rings. The number of benzene rings is 1. The van der Waals surface area contributed by atoms with Crippen molar-refractivity contribution >= 4 is 5.78 Å². The number of aromatic nitrogens is 2. The summed E-state index contributed by atoms with van der Waals surface area (Å²) in [4.78, 5) is 20.0. The van der Waals surface area contributed by atoms with Crippen LogP contribution in [0, 0.1) is 0 Å². The molecular formula is C18H20F3N3O2. The number of alkyl halides is 3. The standard InChI is InChI=1S/C18H20F3N3O2/c1-26-9-8-22-11-16(25)7-6-15-10-17(24-12-23-15)13-2-4-14(5-3-13)18(19,20)21/h2-5,10,12,22H,6-9,11H2,1H3. The number of Topliss-reactive ketones (excluding diaryl/α,β-unsaturated/α-hetero) is 1. The predicted molar refractivity (Wildman–Crippen MR) is 90.5 cm³/mol. The summed E-state index contributed by atoms with van der Waals surface area (Å²) in [5, 5.41) is 2.98. The molecule has 26 heavy (non-hydrogen) atoms. The van der Waals surface area contributed by atoms with E-state index >= 15 is 0 Å². The first-order valence-electron chi connectivity index (χ1n) is 8.10. The second kappa shape index (κ2) is 9.40. The average molecular weight is 367 g/mol. The first-order valence-corrected chi connectivity index (χ1v) is 8.10. The number of rotatable bonds is 9. The van der Waals surface area contributed by atoms with Crippen molar-refractivity contribution in [1.29, 1.82) is 0 Å². The molecular weight excluding hydrogens is 347 g/mol. The number of nitrogens with one attached hydrogen (secondary N) is 1. The molecule has 1 N–H and O–H groups in total. The molecule has 0 radical (unpaired) electrons. The molecule has 0 bridgehead atoms. The number of aryl methyl sites for hydroxylation is 1. The van der Waals surface area contributed by atoms with Gasteiger partial charge in [-0.3, -0.25) is 4.79 Å². The number of methoxy groups -OCH3 is 1. The molecule has 0 amide bonds. The lowest BCUT2D eigenvalue weighted by molar-refractivity contribution is -0.137. The fraction of sp³-hybridized carbons (Fsp3) is 0.389. The van der Waals surface area contributed by atoms with Crippen LogP contribution >= 0.6 is 0 Å². The monoisotopic (exact) mass is 367 g/mol. The summed E-state index contributed by atoms with van der Waals surface area (Å²) in [6, 6.07) is 6.48. The van der Waals surface area contributed by atoms with E-state index in [0.717, 1.165) is 12.1 Å². The van der Waals surface area contributed by atoms with Gasteiger partial charge in [0.15, 0.2) is 0 Å². The quantitative estimate of drug-likeness (QED) is 0.691. The largest absolute Gasteiger partial charge is 0.416 e. The van der Waals surface area contributed by atoms with Crippen molar-refractivity contribution < 1.29 is 22.7 Å². The normalized spacial score (nSPS) is 11.5. The zero-order valence-electron chi connectivity index (χ0n) is 14.3. The molecule has 1 heterocycles. The van der Waals surface area contributed by atoms with Crippen LogP contribution in [0.3, 0.4) is 0 Å². The van der Waals surface area contributed by atoms with Crippen LogP contribution in [-0.2, 0) is 22.1 Å². The van der Waals surface area contributed by atoms with Crippen LogP contribution in [0.5, 0.6) is 0 Å². The van der Waals surface area contributed by atoms with Crippen molar-refractivity contribution in [3.8, 4) is 11.3 Å². The Labute approximate surface area is 149 Å². The van der Waals surface area contributed by atoms with E-state index in [1.165, 1.54) is 18.5 Å². The van der Waals surface area contributed by atoms with Gasteiger partial charge in [0.05, 0.1) is 24.4 Å². The molecule has 1 aromatic heterocycles. The Kier molecular flexibility index (Phi) is 7.23. The molecule has 0 aliphatic carbocycles. The SMILES string of the molecule is COCCNCC(=O)CCc1cc(-c2ccc(C(F)(F)F)cc2)ncn1. The number of hydrogen-bond acceptors (Lipinski definition) is 5. The maximum atomic E-state index is 12.6. The molecule has 0 spiro atoms. The van der Waals surface area contributed by atoms with Crippen LogP contribution in [0.4, 0.5) is 13.2 Å². The fourth-order valence-corrected chi connectivity index (χ4v) is 2.28. The van der Waals surface area contributed by atoms with Crippen LogP contribution in [-0.4, -0.2) is 42.6 Å². The molecule has 0 saturated heterocycles. The molecule has 2 aromatic rings. The van der Waals surface area contributed by atoms with Crippen molar-refractivity contribution in [2.24, 2.45) is 0 Å².